The van der Waals surface area contributed by atoms with Gasteiger partial charge >= 0.3 is 0 Å². The Bertz CT molecular complexity index is 794. The van der Waals surface area contributed by atoms with E-state index in [9.17, 15) is 4.79 Å². The van der Waals surface area contributed by atoms with Crippen molar-refractivity contribution in [3.63, 3.8) is 0 Å². The van der Waals surface area contributed by atoms with Crippen LogP contribution in [-0.2, 0) is 28.2 Å². The summed E-state index contributed by atoms with van der Waals surface area (Å²) in [5.41, 5.74) is 0.750. The number of aromatic nitrogens is 3. The maximum absolute atomic E-state index is 13.0. The molecule has 28 heavy (non-hydrogen) atoms. The molecule has 0 bridgehead atoms. The zero-order valence-corrected chi connectivity index (χ0v) is 16.8. The molecule has 4 rings (SSSR count). The maximum Gasteiger partial charge on any atom is 0.253 e. The predicted octanol–water partition coefficient (Wildman–Crippen LogP) is 2.04. The number of likely N-dealkylation sites (tertiary alicyclic amines) is 1. The number of rotatable bonds is 5. The fraction of sp³-hybridized carbons (Fsp3) is 0.571. The van der Waals surface area contributed by atoms with E-state index in [1.54, 1.807) is 6.20 Å². The summed E-state index contributed by atoms with van der Waals surface area (Å²) in [6.07, 6.45) is 8.77. The average molecular weight is 383 g/mol. The van der Waals surface area contributed by atoms with Crippen LogP contribution in [0.15, 0.2) is 36.9 Å². The molecule has 4 heterocycles. The number of hydrogen-bond acceptors (Lipinski definition) is 5. The molecule has 7 nitrogen and oxygen atoms in total. The van der Waals surface area contributed by atoms with Crippen LogP contribution in [-0.4, -0.2) is 62.5 Å². The first-order valence-corrected chi connectivity index (χ1v) is 10.2. The number of carbonyl (C=O) groups excluding carboxylic acids is 1. The summed E-state index contributed by atoms with van der Waals surface area (Å²) >= 11 is 0. The highest BCUT2D eigenvalue weighted by Crippen LogP contribution is 2.40. The number of fused-ring (bicyclic) bond motifs is 2. The maximum atomic E-state index is 13.0. The monoisotopic (exact) mass is 383 g/mol. The third kappa shape index (κ3) is 3.56. The number of nitrogens with zero attached hydrogens (tertiary/aromatic N) is 5. The Hall–Kier alpha value is -2.25. The first kappa shape index (κ1) is 19.1. The van der Waals surface area contributed by atoms with Crippen LogP contribution in [0.1, 0.15) is 38.1 Å². The van der Waals surface area contributed by atoms with Crippen molar-refractivity contribution in [2.45, 2.75) is 51.5 Å². The molecule has 0 radical (unpaired) electrons. The molecule has 0 unspecified atom stereocenters. The van der Waals surface area contributed by atoms with Gasteiger partial charge in [-0.1, -0.05) is 6.07 Å². The van der Waals surface area contributed by atoms with E-state index in [4.69, 9.17) is 4.74 Å². The second-order valence-electron chi connectivity index (χ2n) is 7.65. The van der Waals surface area contributed by atoms with Gasteiger partial charge in [-0.2, -0.15) is 0 Å². The molecule has 0 N–H and O–H groups in total. The topological polar surface area (TPSA) is 63.5 Å². The first-order chi connectivity index (χ1) is 13.6. The molecule has 2 aromatic rings. The lowest BCUT2D eigenvalue weighted by molar-refractivity contribution is -0.181. The smallest absolute Gasteiger partial charge is 0.253 e. The van der Waals surface area contributed by atoms with Gasteiger partial charge in [0.25, 0.3) is 5.91 Å². The Labute approximate surface area is 166 Å². The number of imidazole rings is 1. The number of ether oxygens (including phenoxy) is 1. The van der Waals surface area contributed by atoms with E-state index in [2.05, 4.69) is 25.5 Å². The Morgan fingerprint density at radius 1 is 1.29 bits per heavy atom. The number of likely N-dealkylation sites (N-methyl/N-ethyl adjacent to an activating group) is 1. The summed E-state index contributed by atoms with van der Waals surface area (Å²) in [5.74, 6) is 1.05. The highest BCUT2D eigenvalue weighted by molar-refractivity contribution is 5.81. The van der Waals surface area contributed by atoms with Crippen molar-refractivity contribution in [1.82, 2.24) is 24.3 Å². The molecular formula is C21H29N5O2. The molecule has 1 amide bonds. The molecule has 0 saturated carbocycles. The third-order valence-corrected chi connectivity index (χ3v) is 6.00. The van der Waals surface area contributed by atoms with E-state index in [0.717, 1.165) is 38.3 Å². The summed E-state index contributed by atoms with van der Waals surface area (Å²) < 4.78 is 8.65. The number of pyridine rings is 1. The number of piperidine rings is 1. The molecule has 1 atom stereocenters. The van der Waals surface area contributed by atoms with E-state index in [1.807, 2.05) is 43.4 Å². The zero-order valence-electron chi connectivity index (χ0n) is 16.8. The van der Waals surface area contributed by atoms with Gasteiger partial charge in [-0.25, -0.2) is 4.98 Å². The van der Waals surface area contributed by atoms with Crippen molar-refractivity contribution in [2.75, 3.05) is 26.2 Å². The van der Waals surface area contributed by atoms with Crippen LogP contribution in [0.3, 0.4) is 0 Å². The van der Waals surface area contributed by atoms with Gasteiger partial charge in [-0.05, 0) is 38.3 Å². The Kier molecular flexibility index (Phi) is 5.46. The molecule has 2 aliphatic rings. The van der Waals surface area contributed by atoms with Crippen LogP contribution >= 0.6 is 0 Å². The second-order valence-corrected chi connectivity index (χ2v) is 7.65. The van der Waals surface area contributed by atoms with Crippen LogP contribution in [0, 0.1) is 0 Å². The number of amides is 1. The summed E-state index contributed by atoms with van der Waals surface area (Å²) in [6.45, 7) is 8.70. The minimum Gasteiger partial charge on any atom is -0.352 e. The zero-order chi connectivity index (χ0) is 19.6. The van der Waals surface area contributed by atoms with Crippen LogP contribution in [0.4, 0.5) is 0 Å². The Balaban J connectivity index is 1.50. The van der Waals surface area contributed by atoms with Crippen LogP contribution in [0.5, 0.6) is 0 Å². The Morgan fingerprint density at radius 3 is 2.75 bits per heavy atom. The predicted molar refractivity (Wildman–Crippen MR) is 105 cm³/mol. The van der Waals surface area contributed by atoms with Crippen molar-refractivity contribution in [3.8, 4) is 0 Å². The molecule has 1 spiro atoms. The minimum atomic E-state index is -0.472. The van der Waals surface area contributed by atoms with Crippen LogP contribution in [0.25, 0.3) is 0 Å². The second kappa shape index (κ2) is 8.01. The van der Waals surface area contributed by atoms with Crippen LogP contribution < -0.4 is 0 Å². The van der Waals surface area contributed by atoms with E-state index in [1.165, 1.54) is 5.56 Å². The van der Waals surface area contributed by atoms with Gasteiger partial charge in [0.15, 0.2) is 6.10 Å². The lowest BCUT2D eigenvalue weighted by Gasteiger charge is -2.46. The van der Waals surface area contributed by atoms with Gasteiger partial charge in [0.1, 0.15) is 11.4 Å². The van der Waals surface area contributed by atoms with Crippen molar-refractivity contribution in [3.05, 3.63) is 48.3 Å². The van der Waals surface area contributed by atoms with Gasteiger partial charge in [0, 0.05) is 57.5 Å². The summed E-state index contributed by atoms with van der Waals surface area (Å²) in [5, 5.41) is 0. The van der Waals surface area contributed by atoms with Crippen molar-refractivity contribution in [2.24, 2.45) is 0 Å². The summed E-state index contributed by atoms with van der Waals surface area (Å²) in [4.78, 5) is 26.1. The summed E-state index contributed by atoms with van der Waals surface area (Å²) in [7, 11) is 0. The van der Waals surface area contributed by atoms with Crippen molar-refractivity contribution >= 4 is 5.91 Å². The minimum absolute atomic E-state index is 0.0847. The number of carbonyl (C=O) groups is 1. The normalized spacial score (nSPS) is 21.4. The quantitative estimate of drug-likeness (QED) is 0.791. The molecule has 0 aliphatic carbocycles. The van der Waals surface area contributed by atoms with Gasteiger partial charge in [-0.3, -0.25) is 14.7 Å². The molecule has 2 aliphatic heterocycles. The molecule has 1 fully saturated rings. The van der Waals surface area contributed by atoms with Gasteiger partial charge in [0.2, 0.25) is 0 Å². The highest BCUT2D eigenvalue weighted by Gasteiger charge is 2.47. The highest BCUT2D eigenvalue weighted by atomic mass is 16.5. The SMILES string of the molecule is CCN(CC)C(=O)[C@H]1Cn2ccnc2C2(CCN(Cc3cccnc3)CC2)O1. The Morgan fingerprint density at radius 2 is 2.07 bits per heavy atom. The largest absolute Gasteiger partial charge is 0.352 e. The fourth-order valence-corrected chi connectivity index (χ4v) is 4.43. The molecule has 1 saturated heterocycles. The van der Waals surface area contributed by atoms with E-state index < -0.39 is 11.7 Å². The standard InChI is InChI=1S/C21H29N5O2/c1-3-25(4-2)19(27)18-16-26-13-10-23-20(26)21(28-18)7-11-24(12-8-21)15-17-6-5-9-22-14-17/h5-6,9-10,13-14,18H,3-4,7-8,11-12,15-16H2,1-2H3/t18-/m1/s1. The molecule has 150 valence electrons. The first-order valence-electron chi connectivity index (χ1n) is 10.2. The summed E-state index contributed by atoms with van der Waals surface area (Å²) in [6, 6.07) is 4.09. The molecule has 7 heteroatoms. The van der Waals surface area contributed by atoms with E-state index in [0.29, 0.717) is 19.6 Å². The third-order valence-electron chi connectivity index (χ3n) is 6.00. The van der Waals surface area contributed by atoms with E-state index in [-0.39, 0.29) is 5.91 Å². The number of hydrogen-bond donors (Lipinski definition) is 0. The average Bonchev–Trinajstić information content (AvgIpc) is 3.21. The molecule has 0 aromatic carbocycles. The molecule has 2 aromatic heterocycles. The van der Waals surface area contributed by atoms with Gasteiger partial charge < -0.3 is 14.2 Å². The van der Waals surface area contributed by atoms with Gasteiger partial charge in [0.05, 0.1) is 6.54 Å². The molecular weight excluding hydrogens is 354 g/mol. The van der Waals surface area contributed by atoms with Crippen molar-refractivity contribution < 1.29 is 9.53 Å². The van der Waals surface area contributed by atoms with Crippen LogP contribution in [0.2, 0.25) is 0 Å². The van der Waals surface area contributed by atoms with Crippen molar-refractivity contribution in [1.29, 1.82) is 0 Å². The van der Waals surface area contributed by atoms with Gasteiger partial charge in [-0.15, -0.1) is 0 Å². The van der Waals surface area contributed by atoms with E-state index >= 15 is 0 Å². The fourth-order valence-electron chi connectivity index (χ4n) is 4.43. The lowest BCUT2D eigenvalue weighted by Crippen LogP contribution is -2.54. The lowest BCUT2D eigenvalue weighted by atomic mass is 9.88.